The van der Waals surface area contributed by atoms with Crippen LogP contribution < -0.4 is 10.0 Å². The van der Waals surface area contributed by atoms with E-state index in [9.17, 15) is 13.2 Å². The fourth-order valence-electron chi connectivity index (χ4n) is 1.72. The minimum absolute atomic E-state index is 0.0223. The zero-order valence-electron chi connectivity index (χ0n) is 11.4. The van der Waals surface area contributed by atoms with E-state index in [0.717, 1.165) is 0 Å². The summed E-state index contributed by atoms with van der Waals surface area (Å²) in [7, 11) is -2.47. The van der Waals surface area contributed by atoms with Crippen molar-refractivity contribution in [1.29, 1.82) is 0 Å². The Morgan fingerprint density at radius 2 is 1.68 bits per heavy atom. The van der Waals surface area contributed by atoms with Crippen molar-refractivity contribution >= 4 is 44.8 Å². The van der Waals surface area contributed by atoms with Crippen LogP contribution in [0.2, 0.25) is 10.0 Å². The van der Waals surface area contributed by atoms with Gasteiger partial charge < -0.3 is 5.32 Å². The molecule has 0 aliphatic heterocycles. The van der Waals surface area contributed by atoms with Gasteiger partial charge in [-0.15, -0.1) is 0 Å². The molecule has 8 heteroatoms. The maximum atomic E-state index is 12.4. The Morgan fingerprint density at radius 1 is 1.05 bits per heavy atom. The van der Waals surface area contributed by atoms with Gasteiger partial charge in [0.2, 0.25) is 0 Å². The highest BCUT2D eigenvalue weighted by Gasteiger charge is 2.20. The first-order chi connectivity index (χ1) is 10.3. The summed E-state index contributed by atoms with van der Waals surface area (Å²) in [5.41, 5.74) is 0.536. The van der Waals surface area contributed by atoms with Crippen LogP contribution in [-0.2, 0) is 10.0 Å². The number of rotatable bonds is 4. The van der Waals surface area contributed by atoms with Gasteiger partial charge in [-0.05, 0) is 42.5 Å². The van der Waals surface area contributed by atoms with Crippen molar-refractivity contribution in [2.75, 3.05) is 11.8 Å². The molecule has 0 aliphatic carbocycles. The van der Waals surface area contributed by atoms with Crippen LogP contribution in [0, 0.1) is 0 Å². The van der Waals surface area contributed by atoms with Crippen molar-refractivity contribution in [2.45, 2.75) is 4.90 Å². The second-order valence-corrected chi connectivity index (χ2v) is 6.83. The van der Waals surface area contributed by atoms with E-state index in [0.29, 0.717) is 10.7 Å². The number of hydrogen-bond donors (Lipinski definition) is 2. The van der Waals surface area contributed by atoms with Gasteiger partial charge in [0.25, 0.3) is 15.9 Å². The molecular formula is C14H12Cl2N2O3S. The lowest BCUT2D eigenvalue weighted by atomic mass is 10.2. The molecule has 0 saturated carbocycles. The van der Waals surface area contributed by atoms with E-state index < -0.39 is 15.9 Å². The molecule has 2 aromatic carbocycles. The standard InChI is InChI=1S/C14H12Cl2N2O3S/c1-17-14(19)9-2-7-12(16)13(8-9)22(20,21)18-11-5-3-10(15)4-6-11/h2-8,18H,1H3,(H,17,19). The number of hydrogen-bond acceptors (Lipinski definition) is 3. The van der Waals surface area contributed by atoms with Crippen molar-refractivity contribution in [1.82, 2.24) is 5.32 Å². The Hall–Kier alpha value is -1.76. The SMILES string of the molecule is CNC(=O)c1ccc(Cl)c(S(=O)(=O)Nc2ccc(Cl)cc2)c1. The number of sulfonamides is 1. The monoisotopic (exact) mass is 358 g/mol. The summed E-state index contributed by atoms with van der Waals surface area (Å²) in [6.45, 7) is 0. The highest BCUT2D eigenvalue weighted by atomic mass is 35.5. The second-order valence-electron chi connectivity index (χ2n) is 4.34. The van der Waals surface area contributed by atoms with Crippen LogP contribution in [0.1, 0.15) is 10.4 Å². The van der Waals surface area contributed by atoms with Gasteiger partial charge in [-0.3, -0.25) is 9.52 Å². The molecule has 22 heavy (non-hydrogen) atoms. The van der Waals surface area contributed by atoms with E-state index in [2.05, 4.69) is 10.0 Å². The van der Waals surface area contributed by atoms with E-state index in [1.807, 2.05) is 0 Å². The van der Waals surface area contributed by atoms with E-state index >= 15 is 0 Å². The zero-order valence-corrected chi connectivity index (χ0v) is 13.8. The maximum absolute atomic E-state index is 12.4. The van der Waals surface area contributed by atoms with E-state index in [4.69, 9.17) is 23.2 Å². The molecule has 2 aromatic rings. The fraction of sp³-hybridized carbons (Fsp3) is 0.0714. The molecule has 0 fully saturated rings. The molecule has 0 spiro atoms. The molecule has 0 unspecified atom stereocenters. The highest BCUT2D eigenvalue weighted by molar-refractivity contribution is 7.92. The Kier molecular flexibility index (Phi) is 4.95. The average molecular weight is 359 g/mol. The molecule has 116 valence electrons. The summed E-state index contributed by atoms with van der Waals surface area (Å²) < 4.78 is 27.2. The first-order valence-corrected chi connectivity index (χ1v) is 8.37. The minimum atomic E-state index is -3.93. The lowest BCUT2D eigenvalue weighted by Gasteiger charge is -2.11. The van der Waals surface area contributed by atoms with Crippen molar-refractivity contribution in [3.8, 4) is 0 Å². The normalized spacial score (nSPS) is 11.0. The van der Waals surface area contributed by atoms with E-state index in [-0.39, 0.29) is 15.5 Å². The van der Waals surface area contributed by atoms with Crippen LogP contribution >= 0.6 is 23.2 Å². The summed E-state index contributed by atoms with van der Waals surface area (Å²) in [6, 6.07) is 10.2. The average Bonchev–Trinajstić information content (AvgIpc) is 2.49. The Labute approximate surface area is 138 Å². The van der Waals surface area contributed by atoms with E-state index in [1.54, 1.807) is 12.1 Å². The van der Waals surface area contributed by atoms with Gasteiger partial charge in [0.05, 0.1) is 5.02 Å². The zero-order chi connectivity index (χ0) is 16.3. The third-order valence-electron chi connectivity index (χ3n) is 2.81. The van der Waals surface area contributed by atoms with Gasteiger partial charge in [-0.1, -0.05) is 23.2 Å². The van der Waals surface area contributed by atoms with Gasteiger partial charge in [0.1, 0.15) is 4.90 Å². The Morgan fingerprint density at radius 3 is 2.27 bits per heavy atom. The van der Waals surface area contributed by atoms with Crippen LogP contribution in [0.15, 0.2) is 47.4 Å². The number of carbonyl (C=O) groups is 1. The third-order valence-corrected chi connectivity index (χ3v) is 4.92. The Bertz CT molecular complexity index is 805. The smallest absolute Gasteiger partial charge is 0.263 e. The molecule has 0 saturated heterocycles. The number of carbonyl (C=O) groups excluding carboxylic acids is 1. The number of amides is 1. The summed E-state index contributed by atoms with van der Waals surface area (Å²) in [5, 5.41) is 2.93. The molecule has 0 bridgehead atoms. The van der Waals surface area contributed by atoms with Crippen LogP contribution in [0.25, 0.3) is 0 Å². The maximum Gasteiger partial charge on any atom is 0.263 e. The molecule has 1 amide bonds. The molecule has 0 heterocycles. The molecule has 0 atom stereocenters. The third kappa shape index (κ3) is 3.71. The molecule has 2 N–H and O–H groups in total. The van der Waals surface area contributed by atoms with Gasteiger partial charge >= 0.3 is 0 Å². The van der Waals surface area contributed by atoms with E-state index in [1.165, 1.54) is 37.4 Å². The lowest BCUT2D eigenvalue weighted by molar-refractivity contribution is 0.0963. The number of nitrogens with one attached hydrogen (secondary N) is 2. The van der Waals surface area contributed by atoms with Gasteiger partial charge in [-0.2, -0.15) is 0 Å². The number of benzene rings is 2. The molecule has 0 aromatic heterocycles. The second kappa shape index (κ2) is 6.56. The molecular weight excluding hydrogens is 347 g/mol. The van der Waals surface area contributed by atoms with Crippen molar-refractivity contribution in [2.24, 2.45) is 0 Å². The van der Waals surface area contributed by atoms with Crippen LogP contribution in [-0.4, -0.2) is 21.4 Å². The first-order valence-electron chi connectivity index (χ1n) is 6.13. The largest absolute Gasteiger partial charge is 0.355 e. The van der Waals surface area contributed by atoms with Gasteiger partial charge in [-0.25, -0.2) is 8.42 Å². The molecule has 2 rings (SSSR count). The summed E-state index contributed by atoms with van der Waals surface area (Å²) in [4.78, 5) is 11.4. The van der Waals surface area contributed by atoms with Crippen LogP contribution in [0.5, 0.6) is 0 Å². The van der Waals surface area contributed by atoms with Crippen LogP contribution in [0.4, 0.5) is 5.69 Å². The minimum Gasteiger partial charge on any atom is -0.355 e. The predicted octanol–water partition coefficient (Wildman–Crippen LogP) is 3.15. The fourth-order valence-corrected chi connectivity index (χ4v) is 3.43. The molecule has 0 radical (unpaired) electrons. The lowest BCUT2D eigenvalue weighted by Crippen LogP contribution is -2.19. The summed E-state index contributed by atoms with van der Waals surface area (Å²) >= 11 is 11.7. The first kappa shape index (κ1) is 16.6. The predicted molar refractivity (Wildman–Crippen MR) is 87.1 cm³/mol. The topological polar surface area (TPSA) is 75.3 Å². The van der Waals surface area contributed by atoms with Crippen molar-refractivity contribution in [3.05, 3.63) is 58.1 Å². The highest BCUT2D eigenvalue weighted by Crippen LogP contribution is 2.25. The quantitative estimate of drug-likeness (QED) is 0.881. The van der Waals surface area contributed by atoms with Crippen molar-refractivity contribution in [3.63, 3.8) is 0 Å². The van der Waals surface area contributed by atoms with Crippen LogP contribution in [0.3, 0.4) is 0 Å². The molecule has 5 nitrogen and oxygen atoms in total. The van der Waals surface area contributed by atoms with Gasteiger partial charge in [0.15, 0.2) is 0 Å². The summed E-state index contributed by atoms with van der Waals surface area (Å²) in [6.07, 6.45) is 0. The number of halogens is 2. The number of anilines is 1. The summed E-state index contributed by atoms with van der Waals surface area (Å²) in [5.74, 6) is -0.403. The van der Waals surface area contributed by atoms with Crippen molar-refractivity contribution < 1.29 is 13.2 Å². The Balaban J connectivity index is 2.40. The van der Waals surface area contributed by atoms with Gasteiger partial charge in [0, 0.05) is 23.3 Å². The molecule has 0 aliphatic rings.